The van der Waals surface area contributed by atoms with Gasteiger partial charge in [-0.2, -0.15) is 13.2 Å². The van der Waals surface area contributed by atoms with Crippen molar-refractivity contribution >= 4 is 22.6 Å². The van der Waals surface area contributed by atoms with Gasteiger partial charge >= 0.3 is 6.18 Å². The zero-order valence-electron chi connectivity index (χ0n) is 20.2. The van der Waals surface area contributed by atoms with Crippen LogP contribution >= 0.6 is 0 Å². The average molecular weight is 527 g/mol. The highest BCUT2D eigenvalue weighted by Gasteiger charge is 2.59. The Bertz CT molecular complexity index is 1500. The van der Waals surface area contributed by atoms with Gasteiger partial charge in [0.05, 0.1) is 17.4 Å². The lowest BCUT2D eigenvalue weighted by atomic mass is 9.96. The average Bonchev–Trinajstić information content (AvgIpc) is 3.18. The van der Waals surface area contributed by atoms with Crippen LogP contribution in [0.15, 0.2) is 61.1 Å². The van der Waals surface area contributed by atoms with E-state index in [1.807, 2.05) is 11.5 Å². The summed E-state index contributed by atoms with van der Waals surface area (Å²) in [4.78, 5) is 20.6. The molecule has 6 rings (SSSR count). The summed E-state index contributed by atoms with van der Waals surface area (Å²) in [6.07, 6.45) is 0.0341. The molecule has 38 heavy (non-hydrogen) atoms. The van der Waals surface area contributed by atoms with Gasteiger partial charge in [0.15, 0.2) is 11.6 Å². The zero-order chi connectivity index (χ0) is 26.8. The number of carbonyl (C=O) groups excluding carboxylic acids is 1. The highest BCUT2D eigenvalue weighted by atomic mass is 19.4. The summed E-state index contributed by atoms with van der Waals surface area (Å²) in [7, 11) is 0. The summed E-state index contributed by atoms with van der Waals surface area (Å²) in [5.74, 6) is -1.06. The highest BCUT2D eigenvalue weighted by Crippen LogP contribution is 2.64. The van der Waals surface area contributed by atoms with Crippen LogP contribution in [-0.4, -0.2) is 20.4 Å². The second-order valence-electron chi connectivity index (χ2n) is 10.2. The van der Waals surface area contributed by atoms with Gasteiger partial charge in [0, 0.05) is 41.5 Å². The number of fused-ring (bicyclic) bond motifs is 2. The van der Waals surface area contributed by atoms with Gasteiger partial charge in [-0.15, -0.1) is 0 Å². The molecule has 0 radical (unpaired) electrons. The molecule has 5 atom stereocenters. The van der Waals surface area contributed by atoms with Gasteiger partial charge in [0.1, 0.15) is 5.69 Å². The van der Waals surface area contributed by atoms with E-state index in [2.05, 4.69) is 15.3 Å². The molecule has 2 heterocycles. The number of alkyl halides is 3. The standard InChI is InChI=1S/C28H23F5N4O/c1-14(26-19-8-18(9-20(19)26)37-13-35-23-10-21(29)22(30)11-24(23)37)27(38)36-17-5-2-15(3-6-17)16-4-7-25(34-12-16)28(31,32)33/h2-7,10-14,18-20,26H,8-9H2,1H3,(H,36,38)/t14-,18?,19-,20+,26?/m0/s1. The minimum Gasteiger partial charge on any atom is -0.327 e. The number of carbonyl (C=O) groups is 1. The number of hydrogen-bond acceptors (Lipinski definition) is 3. The van der Waals surface area contributed by atoms with Crippen molar-refractivity contribution in [2.45, 2.75) is 32.0 Å². The van der Waals surface area contributed by atoms with Crippen molar-refractivity contribution in [2.75, 3.05) is 5.32 Å². The van der Waals surface area contributed by atoms with Crippen LogP contribution in [0.2, 0.25) is 0 Å². The van der Waals surface area contributed by atoms with E-state index < -0.39 is 23.5 Å². The number of benzene rings is 2. The molecular formula is C28H23F5N4O. The molecule has 1 N–H and O–H groups in total. The molecule has 2 unspecified atom stereocenters. The van der Waals surface area contributed by atoms with E-state index in [0.717, 1.165) is 25.0 Å². The SMILES string of the molecule is C[C@H](C(=O)Nc1ccc(-c2ccc(C(F)(F)F)nc2)cc1)C1[C@H]2CC(n3cnc4cc(F)c(F)cc43)C[C@@H]12. The Morgan fingerprint density at radius 1 is 0.974 bits per heavy atom. The van der Waals surface area contributed by atoms with Crippen LogP contribution in [0, 0.1) is 35.3 Å². The van der Waals surface area contributed by atoms with Crippen LogP contribution < -0.4 is 5.32 Å². The molecule has 2 aromatic carbocycles. The second kappa shape index (κ2) is 8.89. The van der Waals surface area contributed by atoms with Crippen molar-refractivity contribution in [1.29, 1.82) is 0 Å². The van der Waals surface area contributed by atoms with E-state index in [0.29, 0.717) is 39.7 Å². The fraction of sp³-hybridized carbons (Fsp3) is 0.321. The van der Waals surface area contributed by atoms with Gasteiger partial charge in [0.25, 0.3) is 0 Å². The van der Waals surface area contributed by atoms with Crippen molar-refractivity contribution in [3.8, 4) is 11.1 Å². The number of imidazole rings is 1. The lowest BCUT2D eigenvalue weighted by Gasteiger charge is -2.20. The maximum absolute atomic E-state index is 13.8. The third kappa shape index (κ3) is 4.31. The van der Waals surface area contributed by atoms with Gasteiger partial charge in [0.2, 0.25) is 5.91 Å². The fourth-order valence-corrected chi connectivity index (χ4v) is 6.05. The van der Waals surface area contributed by atoms with Crippen molar-refractivity contribution in [3.05, 3.63) is 78.4 Å². The first-order chi connectivity index (χ1) is 18.1. The maximum Gasteiger partial charge on any atom is 0.433 e. The predicted molar refractivity (Wildman–Crippen MR) is 131 cm³/mol. The molecule has 2 aliphatic rings. The maximum atomic E-state index is 13.8. The number of halogens is 5. The van der Waals surface area contributed by atoms with Crippen molar-refractivity contribution in [3.63, 3.8) is 0 Å². The first-order valence-corrected chi connectivity index (χ1v) is 12.4. The number of anilines is 1. The van der Waals surface area contributed by atoms with E-state index in [4.69, 9.17) is 0 Å². The number of nitrogens with zero attached hydrogens (tertiary/aromatic N) is 3. The molecule has 0 spiro atoms. The minimum atomic E-state index is -4.49. The summed E-state index contributed by atoms with van der Waals surface area (Å²) < 4.78 is 67.4. The van der Waals surface area contributed by atoms with E-state index in [1.165, 1.54) is 18.3 Å². The van der Waals surface area contributed by atoms with Gasteiger partial charge in [-0.25, -0.2) is 13.8 Å². The first-order valence-electron chi connectivity index (χ1n) is 12.4. The molecule has 0 aliphatic heterocycles. The first kappa shape index (κ1) is 24.5. The van der Waals surface area contributed by atoms with E-state index >= 15 is 0 Å². The summed E-state index contributed by atoms with van der Waals surface area (Å²) in [5, 5.41) is 2.94. The third-order valence-electron chi connectivity index (χ3n) is 8.03. The third-order valence-corrected chi connectivity index (χ3v) is 8.03. The fourth-order valence-electron chi connectivity index (χ4n) is 6.05. The summed E-state index contributed by atoms with van der Waals surface area (Å²) >= 11 is 0. The molecule has 0 bridgehead atoms. The lowest BCUT2D eigenvalue weighted by Crippen LogP contribution is -2.24. The summed E-state index contributed by atoms with van der Waals surface area (Å²) in [6.45, 7) is 1.92. The van der Waals surface area contributed by atoms with Gasteiger partial charge in [-0.05, 0) is 54.4 Å². The molecule has 10 heteroatoms. The van der Waals surface area contributed by atoms with Crippen LogP contribution in [0.1, 0.15) is 31.5 Å². The van der Waals surface area contributed by atoms with Crippen LogP contribution in [0.5, 0.6) is 0 Å². The Labute approximate surface area is 214 Å². The zero-order valence-corrected chi connectivity index (χ0v) is 20.2. The second-order valence-corrected chi connectivity index (χ2v) is 10.2. The normalized spacial score (nSPS) is 23.3. The number of rotatable bonds is 5. The van der Waals surface area contributed by atoms with Crippen molar-refractivity contribution in [2.24, 2.45) is 23.7 Å². The van der Waals surface area contributed by atoms with Gasteiger partial charge in [-0.1, -0.05) is 25.1 Å². The number of aromatic nitrogens is 3. The minimum absolute atomic E-state index is 0.0875. The molecular weight excluding hydrogens is 503 g/mol. The summed E-state index contributed by atoms with van der Waals surface area (Å²) in [6, 6.07) is 11.6. The quantitative estimate of drug-likeness (QED) is 0.289. The largest absolute Gasteiger partial charge is 0.433 e. The lowest BCUT2D eigenvalue weighted by molar-refractivity contribution is -0.141. The van der Waals surface area contributed by atoms with Crippen molar-refractivity contribution < 1.29 is 26.7 Å². The Hall–Kier alpha value is -3.82. The molecule has 2 aromatic heterocycles. The van der Waals surface area contributed by atoms with Crippen molar-refractivity contribution in [1.82, 2.24) is 14.5 Å². The molecule has 4 aromatic rings. The Morgan fingerprint density at radius 2 is 1.63 bits per heavy atom. The van der Waals surface area contributed by atoms with Crippen LogP contribution in [-0.2, 0) is 11.0 Å². The van der Waals surface area contributed by atoms with Gasteiger partial charge < -0.3 is 9.88 Å². The molecule has 5 nitrogen and oxygen atoms in total. The molecule has 1 amide bonds. The molecule has 196 valence electrons. The van der Waals surface area contributed by atoms with E-state index in [-0.39, 0.29) is 23.8 Å². The van der Waals surface area contributed by atoms with Gasteiger partial charge in [-0.3, -0.25) is 9.78 Å². The highest BCUT2D eigenvalue weighted by molar-refractivity contribution is 5.93. The molecule has 2 saturated carbocycles. The smallest absolute Gasteiger partial charge is 0.327 e. The number of pyridine rings is 1. The molecule has 2 aliphatic carbocycles. The predicted octanol–water partition coefficient (Wildman–Crippen LogP) is 6.87. The van der Waals surface area contributed by atoms with Crippen LogP contribution in [0.3, 0.4) is 0 Å². The van der Waals surface area contributed by atoms with E-state index in [9.17, 15) is 26.7 Å². The Balaban J connectivity index is 1.06. The Kier molecular flexibility index (Phi) is 5.73. The number of hydrogen-bond donors (Lipinski definition) is 1. The molecule has 2 fully saturated rings. The van der Waals surface area contributed by atoms with Crippen LogP contribution in [0.25, 0.3) is 22.2 Å². The number of nitrogens with one attached hydrogen (secondary N) is 1. The molecule has 0 saturated heterocycles. The number of amides is 1. The van der Waals surface area contributed by atoms with E-state index in [1.54, 1.807) is 30.6 Å². The monoisotopic (exact) mass is 526 g/mol. The Morgan fingerprint density at radius 3 is 2.26 bits per heavy atom. The topological polar surface area (TPSA) is 59.8 Å². The summed E-state index contributed by atoms with van der Waals surface area (Å²) in [5.41, 5.74) is 1.89. The van der Waals surface area contributed by atoms with Crippen LogP contribution in [0.4, 0.5) is 27.6 Å².